The smallest absolute Gasteiger partial charge is 0.345 e. The molecule has 0 N–H and O–H groups in total. The van der Waals surface area contributed by atoms with Crippen LogP contribution in [0.4, 0.5) is 28.9 Å². The zero-order valence-corrected chi connectivity index (χ0v) is 18.7. The van der Waals surface area contributed by atoms with Crippen LogP contribution in [0.2, 0.25) is 0 Å². The predicted octanol–water partition coefficient (Wildman–Crippen LogP) is 3.73. The van der Waals surface area contributed by atoms with Gasteiger partial charge in [-0.1, -0.05) is 0 Å². The first-order valence-corrected chi connectivity index (χ1v) is 9.80. The molecule has 0 spiro atoms. The maximum atomic E-state index is 14.7. The first-order valence-electron chi connectivity index (χ1n) is 9.39. The Bertz CT molecular complexity index is 1220. The number of anilines is 2. The molecule has 0 saturated carbocycles. The zero-order valence-electron chi connectivity index (χ0n) is 17.9. The lowest BCUT2D eigenvalue weighted by Gasteiger charge is -2.29. The van der Waals surface area contributed by atoms with E-state index in [1.165, 1.54) is 55.9 Å². The van der Waals surface area contributed by atoms with Crippen LogP contribution in [0.5, 0.6) is 0 Å². The molecule has 2 amide bonds. The Hall–Kier alpha value is -3.59. The molecule has 1 aromatic carbocycles. The van der Waals surface area contributed by atoms with E-state index in [4.69, 9.17) is 17.5 Å². The number of amides is 2. The molecule has 2 aromatic rings. The molecular formula is C21H17F4N5O2S. The molecule has 0 aliphatic carbocycles. The number of thiocarbonyl (C=S) groups is 1. The second kappa shape index (κ2) is 8.08. The summed E-state index contributed by atoms with van der Waals surface area (Å²) in [6.45, 7) is 2.94. The summed E-state index contributed by atoms with van der Waals surface area (Å²) in [5, 5.41) is 8.74. The highest BCUT2D eigenvalue weighted by Gasteiger charge is 2.51. The van der Waals surface area contributed by atoms with Gasteiger partial charge in [-0.15, -0.1) is 0 Å². The Morgan fingerprint density at radius 2 is 1.85 bits per heavy atom. The molecule has 33 heavy (non-hydrogen) atoms. The highest BCUT2D eigenvalue weighted by Crippen LogP contribution is 2.39. The van der Waals surface area contributed by atoms with Gasteiger partial charge in [0.1, 0.15) is 17.4 Å². The van der Waals surface area contributed by atoms with Crippen molar-refractivity contribution in [3.8, 4) is 6.07 Å². The number of rotatable bonds is 3. The molecule has 1 aromatic heterocycles. The van der Waals surface area contributed by atoms with Crippen molar-refractivity contribution in [2.45, 2.75) is 25.6 Å². The van der Waals surface area contributed by atoms with Crippen LogP contribution in [0.15, 0.2) is 30.5 Å². The fraction of sp³-hybridized carbons (Fsp3) is 0.286. The summed E-state index contributed by atoms with van der Waals surface area (Å²) in [6, 6.07) is 5.65. The fourth-order valence-electron chi connectivity index (χ4n) is 3.39. The third kappa shape index (κ3) is 4.00. The molecule has 3 rings (SSSR count). The SMILES string of the molecule is CN(C)C(=O)c1ccc(N2C(=S)N(c3cnc(C#N)c(C(F)(F)F)c3)C(=O)C2(C)C)cc1F. The standard InChI is InChI=1S/C21H17F4N5O2S/c1-20(2)18(32)29(12-7-14(21(23,24)25)16(9-26)27-10-12)19(33)30(20)11-5-6-13(15(22)8-11)17(31)28(3)4/h5-8,10H,1-4H3. The van der Waals surface area contributed by atoms with Crippen molar-refractivity contribution >= 4 is 40.5 Å². The van der Waals surface area contributed by atoms with E-state index in [0.29, 0.717) is 6.07 Å². The second-order valence-corrected chi connectivity index (χ2v) is 8.25. The van der Waals surface area contributed by atoms with Gasteiger partial charge in [-0.05, 0) is 50.3 Å². The molecule has 0 unspecified atom stereocenters. The van der Waals surface area contributed by atoms with Crippen molar-refractivity contribution in [3.05, 3.63) is 53.1 Å². The number of carbonyl (C=O) groups excluding carboxylic acids is 2. The summed E-state index contributed by atoms with van der Waals surface area (Å²) in [5.74, 6) is -2.10. The van der Waals surface area contributed by atoms with Crippen LogP contribution in [0.3, 0.4) is 0 Å². The highest BCUT2D eigenvalue weighted by atomic mass is 32.1. The molecule has 0 radical (unpaired) electrons. The maximum absolute atomic E-state index is 14.7. The van der Waals surface area contributed by atoms with Crippen LogP contribution in [-0.2, 0) is 11.0 Å². The van der Waals surface area contributed by atoms with Gasteiger partial charge in [-0.2, -0.15) is 18.4 Å². The van der Waals surface area contributed by atoms with Crippen LogP contribution in [0.25, 0.3) is 0 Å². The van der Waals surface area contributed by atoms with Gasteiger partial charge in [0.05, 0.1) is 23.0 Å². The normalized spacial score (nSPS) is 15.6. The van der Waals surface area contributed by atoms with E-state index < -0.39 is 40.6 Å². The molecule has 0 bridgehead atoms. The van der Waals surface area contributed by atoms with Crippen LogP contribution in [0, 0.1) is 17.1 Å². The number of halogens is 4. The van der Waals surface area contributed by atoms with E-state index in [-0.39, 0.29) is 22.1 Å². The van der Waals surface area contributed by atoms with Gasteiger partial charge < -0.3 is 9.80 Å². The van der Waals surface area contributed by atoms with Crippen molar-refractivity contribution in [2.24, 2.45) is 0 Å². The van der Waals surface area contributed by atoms with Crippen LogP contribution in [-0.4, -0.2) is 46.4 Å². The summed E-state index contributed by atoms with van der Waals surface area (Å²) < 4.78 is 54.8. The third-order valence-corrected chi connectivity index (χ3v) is 5.42. The largest absolute Gasteiger partial charge is 0.419 e. The second-order valence-electron chi connectivity index (χ2n) is 7.88. The van der Waals surface area contributed by atoms with Gasteiger partial charge in [-0.3, -0.25) is 14.5 Å². The third-order valence-electron chi connectivity index (χ3n) is 5.06. The first kappa shape index (κ1) is 24.1. The van der Waals surface area contributed by atoms with Gasteiger partial charge in [0, 0.05) is 19.8 Å². The molecule has 2 heterocycles. The van der Waals surface area contributed by atoms with Crippen LogP contribution >= 0.6 is 12.2 Å². The zero-order chi connectivity index (χ0) is 24.9. The van der Waals surface area contributed by atoms with Gasteiger partial charge in [0.15, 0.2) is 10.8 Å². The van der Waals surface area contributed by atoms with Gasteiger partial charge >= 0.3 is 6.18 Å². The van der Waals surface area contributed by atoms with E-state index in [2.05, 4.69) is 4.98 Å². The lowest BCUT2D eigenvalue weighted by molar-refractivity contribution is -0.138. The number of hydrogen-bond donors (Lipinski definition) is 0. The lowest BCUT2D eigenvalue weighted by Crippen LogP contribution is -2.44. The number of benzene rings is 1. The number of alkyl halides is 3. The number of carbonyl (C=O) groups is 2. The minimum Gasteiger partial charge on any atom is -0.345 e. The van der Waals surface area contributed by atoms with Crippen LogP contribution < -0.4 is 9.80 Å². The monoisotopic (exact) mass is 479 g/mol. The van der Waals surface area contributed by atoms with Gasteiger partial charge in [-0.25, -0.2) is 9.37 Å². The summed E-state index contributed by atoms with van der Waals surface area (Å²) >= 11 is 5.38. The fourth-order valence-corrected chi connectivity index (χ4v) is 3.92. The molecule has 12 heteroatoms. The van der Waals surface area contributed by atoms with Crippen molar-refractivity contribution in [2.75, 3.05) is 23.9 Å². The summed E-state index contributed by atoms with van der Waals surface area (Å²) in [4.78, 5) is 32.1. The predicted molar refractivity (Wildman–Crippen MR) is 115 cm³/mol. The Labute approximate surface area is 191 Å². The van der Waals surface area contributed by atoms with Gasteiger partial charge in [0.2, 0.25) is 0 Å². The van der Waals surface area contributed by atoms with Crippen molar-refractivity contribution in [3.63, 3.8) is 0 Å². The number of nitrogens with zero attached hydrogens (tertiary/aromatic N) is 5. The minimum absolute atomic E-state index is 0.131. The van der Waals surface area contributed by atoms with E-state index >= 15 is 0 Å². The lowest BCUT2D eigenvalue weighted by atomic mass is 10.0. The van der Waals surface area contributed by atoms with Crippen molar-refractivity contribution in [1.29, 1.82) is 5.26 Å². The molecule has 1 aliphatic heterocycles. The number of hydrogen-bond acceptors (Lipinski definition) is 5. The van der Waals surface area contributed by atoms with Gasteiger partial charge in [0.25, 0.3) is 11.8 Å². The minimum atomic E-state index is -4.88. The van der Waals surface area contributed by atoms with E-state index in [1.54, 1.807) is 0 Å². The molecule has 7 nitrogen and oxygen atoms in total. The van der Waals surface area contributed by atoms with E-state index in [1.807, 2.05) is 0 Å². The Balaban J connectivity index is 2.09. The van der Waals surface area contributed by atoms with Crippen molar-refractivity contribution < 1.29 is 27.2 Å². The Morgan fingerprint density at radius 1 is 1.21 bits per heavy atom. The summed E-state index contributed by atoms with van der Waals surface area (Å²) in [6.07, 6.45) is -3.94. The molecule has 1 aliphatic rings. The topological polar surface area (TPSA) is 80.5 Å². The molecule has 172 valence electrons. The molecule has 0 atom stereocenters. The maximum Gasteiger partial charge on any atom is 0.419 e. The van der Waals surface area contributed by atoms with E-state index in [9.17, 15) is 27.2 Å². The number of nitriles is 1. The highest BCUT2D eigenvalue weighted by molar-refractivity contribution is 7.81. The summed E-state index contributed by atoms with van der Waals surface area (Å²) in [7, 11) is 2.93. The first-order chi connectivity index (χ1) is 15.2. The molecule has 1 saturated heterocycles. The Morgan fingerprint density at radius 3 is 2.36 bits per heavy atom. The molecular weight excluding hydrogens is 462 g/mol. The number of aromatic nitrogens is 1. The number of pyridine rings is 1. The molecule has 1 fully saturated rings. The average molecular weight is 479 g/mol. The average Bonchev–Trinajstić information content (AvgIpc) is 2.90. The Kier molecular flexibility index (Phi) is 5.89. The van der Waals surface area contributed by atoms with Crippen LogP contribution in [0.1, 0.15) is 35.5 Å². The van der Waals surface area contributed by atoms with E-state index in [0.717, 1.165) is 17.2 Å². The quantitative estimate of drug-likeness (QED) is 0.493. The van der Waals surface area contributed by atoms with Crippen molar-refractivity contribution in [1.82, 2.24) is 9.88 Å². The summed E-state index contributed by atoms with van der Waals surface area (Å²) in [5.41, 5.74) is -3.91.